The molecule has 0 saturated heterocycles. The zero-order valence-corrected chi connectivity index (χ0v) is 12.6. The first-order valence-electron chi connectivity index (χ1n) is 6.97. The maximum absolute atomic E-state index is 11.9. The van der Waals surface area contributed by atoms with Crippen LogP contribution < -0.4 is 5.32 Å². The summed E-state index contributed by atoms with van der Waals surface area (Å²) in [7, 11) is 0. The van der Waals surface area contributed by atoms with E-state index in [1.165, 1.54) is 0 Å². The van der Waals surface area contributed by atoms with E-state index >= 15 is 0 Å². The van der Waals surface area contributed by atoms with E-state index in [2.05, 4.69) is 10.4 Å². The lowest BCUT2D eigenvalue weighted by Gasteiger charge is -2.22. The molecule has 2 rings (SSSR count). The number of alkyl carbamates (subject to hydrolysis) is 1. The average Bonchev–Trinajstić information content (AvgIpc) is 2.93. The number of rotatable bonds is 5. The summed E-state index contributed by atoms with van der Waals surface area (Å²) in [5.74, 6) is 0. The second-order valence-corrected chi connectivity index (χ2v) is 6.07. The van der Waals surface area contributed by atoms with E-state index in [0.717, 1.165) is 18.5 Å². The van der Waals surface area contributed by atoms with Crippen LogP contribution in [0.5, 0.6) is 0 Å². The van der Waals surface area contributed by atoms with Gasteiger partial charge in [-0.15, -0.1) is 0 Å². The Morgan fingerprint density at radius 3 is 2.75 bits per heavy atom. The van der Waals surface area contributed by atoms with E-state index in [1.807, 2.05) is 40.0 Å². The molecule has 0 radical (unpaired) electrons. The summed E-state index contributed by atoms with van der Waals surface area (Å²) in [5.41, 5.74) is 0.0111. The summed E-state index contributed by atoms with van der Waals surface area (Å²) in [6, 6.07) is 1.92. The summed E-state index contributed by atoms with van der Waals surface area (Å²) >= 11 is 0. The quantitative estimate of drug-likeness (QED) is 0.900. The minimum absolute atomic E-state index is 0.361. The monoisotopic (exact) mass is 281 g/mol. The minimum atomic E-state index is -0.492. The van der Waals surface area contributed by atoms with Gasteiger partial charge in [-0.3, -0.25) is 0 Å². The van der Waals surface area contributed by atoms with Crippen molar-refractivity contribution in [3.63, 3.8) is 0 Å². The third-order valence-electron chi connectivity index (χ3n) is 3.05. The molecule has 112 valence electrons. The van der Waals surface area contributed by atoms with Gasteiger partial charge in [-0.2, -0.15) is 5.10 Å². The van der Waals surface area contributed by atoms with Gasteiger partial charge in [0.1, 0.15) is 12.3 Å². The van der Waals surface area contributed by atoms with Gasteiger partial charge in [-0.25, -0.2) is 9.48 Å². The van der Waals surface area contributed by atoms with Crippen molar-refractivity contribution < 1.29 is 14.3 Å². The van der Waals surface area contributed by atoms with Gasteiger partial charge in [0.15, 0.2) is 0 Å². The lowest BCUT2D eigenvalue weighted by atomic mass is 10.2. The van der Waals surface area contributed by atoms with Gasteiger partial charge >= 0.3 is 6.09 Å². The SMILES string of the molecule is CCOCn1ccc(C2(NC(=O)OC(C)(C)C)CC2)n1. The molecular formula is C14H23N3O3. The van der Waals surface area contributed by atoms with Gasteiger partial charge in [0.25, 0.3) is 0 Å². The van der Waals surface area contributed by atoms with Crippen LogP contribution in [0.25, 0.3) is 0 Å². The van der Waals surface area contributed by atoms with E-state index in [0.29, 0.717) is 13.3 Å². The second kappa shape index (κ2) is 5.44. The molecular weight excluding hydrogens is 258 g/mol. The average molecular weight is 281 g/mol. The van der Waals surface area contributed by atoms with Gasteiger partial charge < -0.3 is 14.8 Å². The molecule has 0 aliphatic heterocycles. The lowest BCUT2D eigenvalue weighted by molar-refractivity contribution is 0.0492. The van der Waals surface area contributed by atoms with Crippen LogP contribution in [-0.4, -0.2) is 28.1 Å². The molecule has 1 aliphatic carbocycles. The summed E-state index contributed by atoms with van der Waals surface area (Å²) in [6.07, 6.45) is 3.24. The fraction of sp³-hybridized carbons (Fsp3) is 0.714. The topological polar surface area (TPSA) is 65.4 Å². The Hall–Kier alpha value is -1.56. The Kier molecular flexibility index (Phi) is 4.04. The zero-order chi connectivity index (χ0) is 14.8. The Morgan fingerprint density at radius 1 is 1.50 bits per heavy atom. The van der Waals surface area contributed by atoms with Crippen LogP contribution in [0.15, 0.2) is 12.3 Å². The largest absolute Gasteiger partial charge is 0.444 e. The summed E-state index contributed by atoms with van der Waals surface area (Å²) in [5, 5.41) is 7.38. The van der Waals surface area contributed by atoms with E-state index in [4.69, 9.17) is 9.47 Å². The van der Waals surface area contributed by atoms with Crippen molar-refractivity contribution in [3.05, 3.63) is 18.0 Å². The maximum atomic E-state index is 11.9. The first kappa shape index (κ1) is 14.8. The Morgan fingerprint density at radius 2 is 2.20 bits per heavy atom. The fourth-order valence-electron chi connectivity index (χ4n) is 1.94. The Bertz CT molecular complexity index is 472. The molecule has 0 atom stereocenters. The van der Waals surface area contributed by atoms with Crippen molar-refractivity contribution in [2.75, 3.05) is 6.61 Å². The Balaban J connectivity index is 1.97. The van der Waals surface area contributed by atoms with Crippen LogP contribution in [0.4, 0.5) is 4.79 Å². The van der Waals surface area contributed by atoms with Crippen LogP contribution in [-0.2, 0) is 21.7 Å². The number of aromatic nitrogens is 2. The standard InChI is InChI=1S/C14H23N3O3/c1-5-19-10-17-9-6-11(16-17)14(7-8-14)15-12(18)20-13(2,3)4/h6,9H,5,7-8,10H2,1-4H3,(H,15,18). The third-order valence-corrected chi connectivity index (χ3v) is 3.05. The van der Waals surface area contributed by atoms with Gasteiger partial charge in [-0.1, -0.05) is 0 Å². The predicted octanol–water partition coefficient (Wildman–Crippen LogP) is 2.39. The van der Waals surface area contributed by atoms with Crippen LogP contribution in [0.2, 0.25) is 0 Å². The van der Waals surface area contributed by atoms with Crippen molar-refractivity contribution in [1.82, 2.24) is 15.1 Å². The molecule has 6 heteroatoms. The first-order chi connectivity index (χ1) is 9.35. The van der Waals surface area contributed by atoms with Gasteiger partial charge in [0.05, 0.1) is 11.2 Å². The van der Waals surface area contributed by atoms with E-state index < -0.39 is 11.7 Å². The van der Waals surface area contributed by atoms with Crippen molar-refractivity contribution in [3.8, 4) is 0 Å². The highest BCUT2D eigenvalue weighted by atomic mass is 16.6. The number of hydrogen-bond acceptors (Lipinski definition) is 4. The minimum Gasteiger partial charge on any atom is -0.444 e. The number of hydrogen-bond donors (Lipinski definition) is 1. The molecule has 1 amide bonds. The summed E-state index contributed by atoms with van der Waals surface area (Å²) < 4.78 is 12.3. The molecule has 1 aliphatic rings. The number of carbonyl (C=O) groups excluding carboxylic acids is 1. The number of nitrogens with one attached hydrogen (secondary N) is 1. The van der Waals surface area contributed by atoms with Gasteiger partial charge in [0.2, 0.25) is 0 Å². The molecule has 1 fully saturated rings. The van der Waals surface area contributed by atoms with Crippen LogP contribution in [0.1, 0.15) is 46.2 Å². The molecule has 1 heterocycles. The first-order valence-corrected chi connectivity index (χ1v) is 6.97. The van der Waals surface area contributed by atoms with E-state index in [1.54, 1.807) is 4.68 Å². The number of nitrogens with zero attached hydrogens (tertiary/aromatic N) is 2. The number of carbonyl (C=O) groups is 1. The lowest BCUT2D eigenvalue weighted by Crippen LogP contribution is -2.39. The van der Waals surface area contributed by atoms with Gasteiger partial charge in [0, 0.05) is 12.8 Å². The molecule has 20 heavy (non-hydrogen) atoms. The summed E-state index contributed by atoms with van der Waals surface area (Å²) in [4.78, 5) is 11.9. The second-order valence-electron chi connectivity index (χ2n) is 6.07. The molecule has 0 spiro atoms. The highest BCUT2D eigenvalue weighted by Gasteiger charge is 2.48. The van der Waals surface area contributed by atoms with E-state index in [9.17, 15) is 4.79 Å². The molecule has 1 aromatic heterocycles. The molecule has 0 bridgehead atoms. The van der Waals surface area contributed by atoms with Crippen molar-refractivity contribution >= 4 is 6.09 Å². The van der Waals surface area contributed by atoms with Crippen LogP contribution in [0.3, 0.4) is 0 Å². The number of amides is 1. The van der Waals surface area contributed by atoms with E-state index in [-0.39, 0.29) is 5.54 Å². The van der Waals surface area contributed by atoms with Crippen molar-refractivity contribution in [2.24, 2.45) is 0 Å². The normalized spacial score (nSPS) is 16.8. The maximum Gasteiger partial charge on any atom is 0.408 e. The van der Waals surface area contributed by atoms with Crippen molar-refractivity contribution in [2.45, 2.75) is 58.4 Å². The molecule has 0 unspecified atom stereocenters. The fourth-order valence-corrected chi connectivity index (χ4v) is 1.94. The third kappa shape index (κ3) is 3.72. The summed E-state index contributed by atoms with van der Waals surface area (Å²) in [6.45, 7) is 8.57. The molecule has 6 nitrogen and oxygen atoms in total. The van der Waals surface area contributed by atoms with Crippen molar-refractivity contribution in [1.29, 1.82) is 0 Å². The zero-order valence-electron chi connectivity index (χ0n) is 12.6. The predicted molar refractivity (Wildman–Crippen MR) is 74.1 cm³/mol. The van der Waals surface area contributed by atoms with Crippen LogP contribution in [0, 0.1) is 0 Å². The molecule has 0 aromatic carbocycles. The highest BCUT2D eigenvalue weighted by Crippen LogP contribution is 2.44. The molecule has 1 saturated carbocycles. The highest BCUT2D eigenvalue weighted by molar-refractivity contribution is 5.69. The van der Waals surface area contributed by atoms with Gasteiger partial charge in [-0.05, 0) is 46.6 Å². The smallest absolute Gasteiger partial charge is 0.408 e. The molecule has 1 aromatic rings. The Labute approximate surface area is 119 Å². The number of ether oxygens (including phenoxy) is 2. The molecule has 1 N–H and O–H groups in total. The van der Waals surface area contributed by atoms with Crippen LogP contribution >= 0.6 is 0 Å².